The number of nitrogen functional groups attached to an aromatic ring is 2. The van der Waals surface area contributed by atoms with Crippen LogP contribution in [0.1, 0.15) is 26.7 Å². The summed E-state index contributed by atoms with van der Waals surface area (Å²) in [7, 11) is 0. The van der Waals surface area contributed by atoms with Gasteiger partial charge in [0.2, 0.25) is 0 Å². The third-order valence-corrected chi connectivity index (χ3v) is 4.55. The number of aliphatic imine (C=N–C) groups is 1. The molecule has 0 saturated carbocycles. The highest BCUT2D eigenvalue weighted by atomic mass is 16.5. The van der Waals surface area contributed by atoms with Crippen molar-refractivity contribution in [3.05, 3.63) is 24.3 Å². The first-order valence-electron chi connectivity index (χ1n) is 9.61. The summed E-state index contributed by atoms with van der Waals surface area (Å²) in [6, 6.07) is 7.47. The largest absolute Gasteiger partial charge is 0.491 e. The van der Waals surface area contributed by atoms with Crippen molar-refractivity contribution in [3.63, 3.8) is 0 Å². The Morgan fingerprint density at radius 2 is 1.76 bits per heavy atom. The smallest absolute Gasteiger partial charge is 0.455 e. The topological polar surface area (TPSA) is 110 Å². The van der Waals surface area contributed by atoms with Crippen LogP contribution in [0.2, 0.25) is 0 Å². The highest BCUT2D eigenvalue weighted by molar-refractivity contribution is 6.13. The molecule has 0 unspecified atom stereocenters. The Morgan fingerprint density at radius 3 is 2.41 bits per heavy atom. The maximum atomic E-state index is 6.31. The molecule has 0 aliphatic heterocycles. The van der Waals surface area contributed by atoms with Crippen molar-refractivity contribution in [1.29, 1.82) is 0 Å². The minimum Gasteiger partial charge on any atom is -0.491 e. The number of nitrogens with zero attached hydrogens (tertiary/aromatic N) is 2. The molecule has 2 aromatic carbocycles. The Bertz CT molecular complexity index is 1080. The van der Waals surface area contributed by atoms with Gasteiger partial charge in [-0.2, -0.15) is 0 Å². The third kappa shape index (κ3) is 4.52. The van der Waals surface area contributed by atoms with Gasteiger partial charge in [0.15, 0.2) is 16.9 Å². The number of anilines is 2. The summed E-state index contributed by atoms with van der Waals surface area (Å²) in [5.41, 5.74) is 14.5. The molecule has 0 fully saturated rings. The van der Waals surface area contributed by atoms with Gasteiger partial charge in [-0.1, -0.05) is 18.5 Å². The van der Waals surface area contributed by atoms with E-state index in [4.69, 9.17) is 25.4 Å². The molecule has 0 saturated heterocycles. The number of benzene rings is 2. The second-order valence-corrected chi connectivity index (χ2v) is 7.16. The number of hydrogen-bond donors (Lipinski definition) is 2. The number of fused-ring (bicyclic) bond motifs is 3. The summed E-state index contributed by atoms with van der Waals surface area (Å²) >= 11 is 0. The van der Waals surface area contributed by atoms with Crippen LogP contribution in [0.25, 0.3) is 21.9 Å². The quantitative estimate of drug-likeness (QED) is 0.188. The van der Waals surface area contributed by atoms with Crippen LogP contribution < -0.4 is 25.6 Å². The predicted molar refractivity (Wildman–Crippen MR) is 121 cm³/mol. The van der Waals surface area contributed by atoms with Gasteiger partial charge >= 0.3 is 6.40 Å². The lowest BCUT2D eigenvalue weighted by Gasteiger charge is -2.09. The number of ether oxygens (including phenoxy) is 2. The molecule has 0 aliphatic carbocycles. The molecule has 4 N–H and O–H groups in total. The molecule has 0 bridgehead atoms. The van der Waals surface area contributed by atoms with Gasteiger partial charge in [0.25, 0.3) is 6.21 Å². The molecule has 3 rings (SSSR count). The highest BCUT2D eigenvalue weighted by Gasteiger charge is 2.17. The van der Waals surface area contributed by atoms with E-state index in [-0.39, 0.29) is 0 Å². The molecule has 0 radical (unpaired) electrons. The van der Waals surface area contributed by atoms with Gasteiger partial charge in [-0.3, -0.25) is 4.99 Å². The highest BCUT2D eigenvalue weighted by Crippen LogP contribution is 2.41. The molecular weight excluding hydrogens is 368 g/mol. The van der Waals surface area contributed by atoms with Crippen LogP contribution in [0.15, 0.2) is 33.7 Å². The molecule has 0 spiro atoms. The Balaban J connectivity index is 1.88. The number of hydrogen-bond acceptors (Lipinski definition) is 6. The second-order valence-electron chi connectivity index (χ2n) is 7.16. The minimum atomic E-state index is 0.380. The normalized spacial score (nSPS) is 10.9. The fourth-order valence-electron chi connectivity index (χ4n) is 3.05. The van der Waals surface area contributed by atoms with E-state index in [0.29, 0.717) is 53.1 Å². The zero-order valence-electron chi connectivity index (χ0n) is 16.9. The van der Waals surface area contributed by atoms with Crippen molar-refractivity contribution in [1.82, 2.24) is 4.67 Å². The van der Waals surface area contributed by atoms with Crippen LogP contribution in [0.3, 0.4) is 0 Å². The molecule has 0 atom stereocenters. The summed E-state index contributed by atoms with van der Waals surface area (Å²) in [6.45, 7) is 8.80. The molecule has 7 heteroatoms. The standard InChI is InChI=1S/C22H27N4O3/c1-14(2)5-4-12-27-17-8-6-15-16-7-9-18(28-13-26-11-10-25-3)20(24)22(16)29-21(15)19(17)23/h6-9,11,13-14H,3-5,10,12,23-24H2,1-2H3/q+1. The average molecular weight is 395 g/mol. The molecule has 1 heterocycles. The fourth-order valence-corrected chi connectivity index (χ4v) is 3.05. The summed E-state index contributed by atoms with van der Waals surface area (Å²) in [5.74, 6) is 1.72. The van der Waals surface area contributed by atoms with Crippen LogP contribution in [0.4, 0.5) is 11.4 Å². The molecule has 1 aromatic heterocycles. The van der Waals surface area contributed by atoms with Gasteiger partial charge in [-0.15, -0.1) is 0 Å². The van der Waals surface area contributed by atoms with Crippen molar-refractivity contribution in [2.75, 3.05) is 24.6 Å². The molecule has 152 valence electrons. The van der Waals surface area contributed by atoms with Gasteiger partial charge < -0.3 is 25.4 Å². The lowest BCUT2D eigenvalue weighted by atomic mass is 10.1. The van der Waals surface area contributed by atoms with Crippen LogP contribution in [0.5, 0.6) is 11.5 Å². The summed E-state index contributed by atoms with van der Waals surface area (Å²) < 4.78 is 21.3. The lowest BCUT2D eigenvalue weighted by Crippen LogP contribution is -2.02. The zero-order chi connectivity index (χ0) is 20.8. The van der Waals surface area contributed by atoms with E-state index in [1.165, 1.54) is 6.40 Å². The number of furan rings is 1. The molecule has 0 aliphatic rings. The van der Waals surface area contributed by atoms with E-state index in [1.54, 1.807) is 12.3 Å². The number of rotatable bonds is 9. The van der Waals surface area contributed by atoms with Crippen molar-refractivity contribution in [3.8, 4) is 11.5 Å². The molecular formula is C22H27N4O3+. The van der Waals surface area contributed by atoms with Crippen molar-refractivity contribution in [2.45, 2.75) is 26.7 Å². The molecule has 29 heavy (non-hydrogen) atoms. The fraction of sp³-hybridized carbons (Fsp3) is 0.318. The molecule has 3 aromatic rings. The maximum Gasteiger partial charge on any atom is 0.455 e. The second kappa shape index (κ2) is 9.17. The Hall–Kier alpha value is -3.44. The van der Waals surface area contributed by atoms with E-state index in [1.807, 2.05) is 18.2 Å². The predicted octanol–water partition coefficient (Wildman–Crippen LogP) is 3.81. The first-order chi connectivity index (χ1) is 14.0. The lowest BCUT2D eigenvalue weighted by molar-refractivity contribution is 0.299. The maximum absolute atomic E-state index is 6.31. The minimum absolute atomic E-state index is 0.380. The Morgan fingerprint density at radius 1 is 1.10 bits per heavy atom. The van der Waals surface area contributed by atoms with Gasteiger partial charge in [0, 0.05) is 10.8 Å². The van der Waals surface area contributed by atoms with Crippen molar-refractivity contribution >= 4 is 52.6 Å². The average Bonchev–Trinajstić information content (AvgIpc) is 3.08. The van der Waals surface area contributed by atoms with E-state index in [9.17, 15) is 0 Å². The summed E-state index contributed by atoms with van der Waals surface area (Å²) in [6.07, 6.45) is 4.96. The first kappa shape index (κ1) is 20.3. The van der Waals surface area contributed by atoms with Crippen LogP contribution >= 0.6 is 0 Å². The SMILES string of the molecule is C=NCC=[N+]=COc1ccc2c(oc3c(N)c(OCCCC(C)C)ccc32)c1N. The zero-order valence-corrected chi connectivity index (χ0v) is 16.9. The van der Waals surface area contributed by atoms with Gasteiger partial charge in [0.05, 0.1) is 6.61 Å². The van der Waals surface area contributed by atoms with E-state index in [0.717, 1.165) is 23.6 Å². The van der Waals surface area contributed by atoms with E-state index >= 15 is 0 Å². The summed E-state index contributed by atoms with van der Waals surface area (Å²) in [4.78, 5) is 3.67. The van der Waals surface area contributed by atoms with Crippen LogP contribution in [0, 0.1) is 5.92 Å². The third-order valence-electron chi connectivity index (χ3n) is 4.55. The summed E-state index contributed by atoms with van der Waals surface area (Å²) in [5, 5.41) is 1.74. The molecule has 0 amide bonds. The van der Waals surface area contributed by atoms with Crippen LogP contribution in [-0.4, -0.2) is 32.5 Å². The Labute approximate surface area is 169 Å². The van der Waals surface area contributed by atoms with Crippen molar-refractivity contribution < 1.29 is 13.9 Å². The Kier molecular flexibility index (Phi) is 6.42. The monoisotopic (exact) mass is 395 g/mol. The van der Waals surface area contributed by atoms with E-state index in [2.05, 4.69) is 30.2 Å². The van der Waals surface area contributed by atoms with Gasteiger partial charge in [0.1, 0.15) is 23.7 Å². The van der Waals surface area contributed by atoms with Crippen molar-refractivity contribution in [2.24, 2.45) is 10.9 Å². The van der Waals surface area contributed by atoms with Crippen LogP contribution in [-0.2, 0) is 0 Å². The molecule has 7 nitrogen and oxygen atoms in total. The first-order valence-corrected chi connectivity index (χ1v) is 9.61. The number of nitrogens with two attached hydrogens (primary N) is 2. The van der Waals surface area contributed by atoms with Gasteiger partial charge in [-0.25, -0.2) is 0 Å². The van der Waals surface area contributed by atoms with Gasteiger partial charge in [-0.05, 0) is 49.7 Å². The van der Waals surface area contributed by atoms with E-state index < -0.39 is 0 Å².